The van der Waals surface area contributed by atoms with Gasteiger partial charge in [-0.3, -0.25) is 14.5 Å². The largest absolute Gasteiger partial charge is 0.343 e. The van der Waals surface area contributed by atoms with E-state index < -0.39 is 0 Å². The minimum atomic E-state index is -0.194. The molecule has 0 radical (unpaired) electrons. The van der Waals surface area contributed by atoms with Crippen molar-refractivity contribution in [2.45, 2.75) is 26.4 Å². The molecule has 0 bridgehead atoms. The van der Waals surface area contributed by atoms with Gasteiger partial charge in [0, 0.05) is 4.88 Å². The van der Waals surface area contributed by atoms with Crippen LogP contribution in [0.15, 0.2) is 70.8 Å². The lowest BCUT2D eigenvalue weighted by Crippen LogP contribution is -2.39. The second-order valence-electron chi connectivity index (χ2n) is 7.76. The van der Waals surface area contributed by atoms with Crippen molar-refractivity contribution < 1.29 is 4.79 Å². The predicted octanol–water partition coefficient (Wildman–Crippen LogP) is 4.02. The van der Waals surface area contributed by atoms with Crippen molar-refractivity contribution in [1.82, 2.24) is 20.2 Å². The standard InChI is InChI=1S/C25H26N4O2S/c1-3-29(15-22-26-20-8-5-4-7-19(20)25(31)27-22)16-23(30)28-24(21-9-6-14-32-21)18-12-10-17(2)11-13-18/h4-14,24H,3,15-16H2,1-2H3,(H,28,30)(H,26,27,31)/t24-/m0/s1. The number of amides is 1. The molecule has 2 heterocycles. The number of nitrogens with one attached hydrogen (secondary N) is 2. The van der Waals surface area contributed by atoms with E-state index in [1.165, 1.54) is 5.56 Å². The Balaban J connectivity index is 1.48. The molecule has 0 aliphatic carbocycles. The van der Waals surface area contributed by atoms with Crippen LogP contribution in [0.1, 0.15) is 34.8 Å². The maximum Gasteiger partial charge on any atom is 0.258 e. The monoisotopic (exact) mass is 446 g/mol. The van der Waals surface area contributed by atoms with Gasteiger partial charge in [-0.25, -0.2) is 4.98 Å². The zero-order chi connectivity index (χ0) is 22.5. The Morgan fingerprint density at radius 3 is 2.62 bits per heavy atom. The van der Waals surface area contributed by atoms with E-state index in [0.29, 0.717) is 29.8 Å². The summed E-state index contributed by atoms with van der Waals surface area (Å²) in [6.07, 6.45) is 0. The Labute approximate surface area is 190 Å². The lowest BCUT2D eigenvalue weighted by Gasteiger charge is -2.23. The number of H-pyrrole nitrogens is 1. The van der Waals surface area contributed by atoms with Crippen LogP contribution in [0, 0.1) is 6.92 Å². The fourth-order valence-corrected chi connectivity index (χ4v) is 4.45. The van der Waals surface area contributed by atoms with Crippen LogP contribution in [0.4, 0.5) is 0 Å². The molecule has 2 N–H and O–H groups in total. The molecule has 0 saturated heterocycles. The summed E-state index contributed by atoms with van der Waals surface area (Å²) >= 11 is 1.62. The number of nitrogens with zero attached hydrogens (tertiary/aromatic N) is 2. The number of aromatic nitrogens is 2. The molecule has 7 heteroatoms. The lowest BCUT2D eigenvalue weighted by atomic mass is 10.0. The van der Waals surface area contributed by atoms with Gasteiger partial charge in [-0.05, 0) is 42.6 Å². The highest BCUT2D eigenvalue weighted by Crippen LogP contribution is 2.26. The first kappa shape index (κ1) is 21.9. The van der Waals surface area contributed by atoms with Gasteiger partial charge in [0.2, 0.25) is 5.91 Å². The normalized spacial score (nSPS) is 12.2. The minimum Gasteiger partial charge on any atom is -0.343 e. The number of thiophene rings is 1. The molecular weight excluding hydrogens is 420 g/mol. The number of fused-ring (bicyclic) bond motifs is 1. The zero-order valence-corrected chi connectivity index (χ0v) is 19.0. The summed E-state index contributed by atoms with van der Waals surface area (Å²) in [5.74, 6) is 0.477. The van der Waals surface area contributed by atoms with Crippen molar-refractivity contribution in [3.05, 3.63) is 98.2 Å². The van der Waals surface area contributed by atoms with E-state index in [0.717, 1.165) is 10.4 Å². The van der Waals surface area contributed by atoms with Crippen molar-refractivity contribution >= 4 is 28.1 Å². The fourth-order valence-electron chi connectivity index (χ4n) is 3.64. The average Bonchev–Trinajstić information content (AvgIpc) is 3.32. The molecule has 4 rings (SSSR count). The molecule has 1 atom stereocenters. The van der Waals surface area contributed by atoms with E-state index in [1.54, 1.807) is 17.4 Å². The Kier molecular flexibility index (Phi) is 6.78. The van der Waals surface area contributed by atoms with Crippen LogP contribution in [0.3, 0.4) is 0 Å². The molecule has 0 aliphatic rings. The molecule has 0 fully saturated rings. The summed E-state index contributed by atoms with van der Waals surface area (Å²) in [4.78, 5) is 35.8. The Morgan fingerprint density at radius 2 is 1.91 bits per heavy atom. The third-order valence-electron chi connectivity index (χ3n) is 5.39. The third-order valence-corrected chi connectivity index (χ3v) is 6.33. The Bertz CT molecular complexity index is 1250. The number of hydrogen-bond donors (Lipinski definition) is 2. The van der Waals surface area contributed by atoms with Crippen LogP contribution in [0.25, 0.3) is 10.9 Å². The maximum atomic E-state index is 13.0. The number of likely N-dealkylation sites (N-methyl/N-ethyl adjacent to an activating group) is 1. The van der Waals surface area contributed by atoms with Gasteiger partial charge in [0.1, 0.15) is 5.82 Å². The first-order valence-corrected chi connectivity index (χ1v) is 11.5. The summed E-state index contributed by atoms with van der Waals surface area (Å²) in [7, 11) is 0. The van der Waals surface area contributed by atoms with E-state index in [2.05, 4.69) is 39.6 Å². The van der Waals surface area contributed by atoms with Crippen molar-refractivity contribution in [2.75, 3.05) is 13.1 Å². The SMILES string of the molecule is CCN(CC(=O)N[C@@H](c1ccc(C)cc1)c1cccs1)Cc1nc2ccccc2c(=O)[nH]1. The van der Waals surface area contributed by atoms with E-state index >= 15 is 0 Å². The van der Waals surface area contributed by atoms with Gasteiger partial charge in [0.15, 0.2) is 0 Å². The number of rotatable bonds is 8. The maximum absolute atomic E-state index is 13.0. The first-order chi connectivity index (χ1) is 15.5. The number of hydrogen-bond acceptors (Lipinski definition) is 5. The van der Waals surface area contributed by atoms with Crippen molar-refractivity contribution in [2.24, 2.45) is 0 Å². The molecule has 0 spiro atoms. The van der Waals surface area contributed by atoms with Crippen LogP contribution < -0.4 is 10.9 Å². The number of aromatic amines is 1. The van der Waals surface area contributed by atoms with Crippen LogP contribution >= 0.6 is 11.3 Å². The van der Waals surface area contributed by atoms with Crippen LogP contribution in [0.5, 0.6) is 0 Å². The molecule has 0 unspecified atom stereocenters. The van der Waals surface area contributed by atoms with Gasteiger partial charge in [0.25, 0.3) is 5.56 Å². The van der Waals surface area contributed by atoms with Gasteiger partial charge in [-0.15, -0.1) is 11.3 Å². The van der Waals surface area contributed by atoms with Crippen molar-refractivity contribution in [3.8, 4) is 0 Å². The van der Waals surface area contributed by atoms with E-state index in [1.807, 2.05) is 54.5 Å². The van der Waals surface area contributed by atoms with Gasteiger partial charge >= 0.3 is 0 Å². The molecule has 164 valence electrons. The zero-order valence-electron chi connectivity index (χ0n) is 18.2. The summed E-state index contributed by atoms with van der Waals surface area (Å²) in [6.45, 7) is 5.28. The number of para-hydroxylation sites is 1. The average molecular weight is 447 g/mol. The van der Waals surface area contributed by atoms with E-state index in [9.17, 15) is 9.59 Å². The quantitative estimate of drug-likeness (QED) is 0.429. The highest BCUT2D eigenvalue weighted by Gasteiger charge is 2.20. The van der Waals surface area contributed by atoms with Crippen LogP contribution in [-0.2, 0) is 11.3 Å². The fraction of sp³-hybridized carbons (Fsp3) is 0.240. The number of benzene rings is 2. The van der Waals surface area contributed by atoms with Gasteiger partial charge in [0.05, 0.1) is 30.0 Å². The van der Waals surface area contributed by atoms with E-state index in [-0.39, 0.29) is 24.1 Å². The highest BCUT2D eigenvalue weighted by molar-refractivity contribution is 7.10. The molecule has 2 aromatic carbocycles. The van der Waals surface area contributed by atoms with Crippen molar-refractivity contribution in [1.29, 1.82) is 0 Å². The molecule has 0 aliphatic heterocycles. The Hall–Kier alpha value is -3.29. The second kappa shape index (κ2) is 9.89. The molecule has 32 heavy (non-hydrogen) atoms. The molecule has 1 amide bonds. The lowest BCUT2D eigenvalue weighted by molar-refractivity contribution is -0.122. The molecule has 6 nitrogen and oxygen atoms in total. The molecule has 4 aromatic rings. The van der Waals surface area contributed by atoms with Crippen LogP contribution in [0.2, 0.25) is 0 Å². The summed E-state index contributed by atoms with van der Waals surface area (Å²) in [5.41, 5.74) is 2.72. The molecular formula is C25H26N4O2S. The van der Waals surface area contributed by atoms with Gasteiger partial charge < -0.3 is 10.3 Å². The third kappa shape index (κ3) is 5.12. The van der Waals surface area contributed by atoms with Crippen molar-refractivity contribution in [3.63, 3.8) is 0 Å². The summed E-state index contributed by atoms with van der Waals surface area (Å²) < 4.78 is 0. The molecule has 2 aromatic heterocycles. The van der Waals surface area contributed by atoms with Crippen LogP contribution in [-0.4, -0.2) is 33.9 Å². The number of carbonyl (C=O) groups excluding carboxylic acids is 1. The van der Waals surface area contributed by atoms with Gasteiger partial charge in [-0.1, -0.05) is 55.0 Å². The predicted molar refractivity (Wildman–Crippen MR) is 129 cm³/mol. The topological polar surface area (TPSA) is 78.1 Å². The number of aryl methyl sites for hydroxylation is 1. The molecule has 0 saturated carbocycles. The van der Waals surface area contributed by atoms with Gasteiger partial charge in [-0.2, -0.15) is 0 Å². The Morgan fingerprint density at radius 1 is 1.12 bits per heavy atom. The second-order valence-corrected chi connectivity index (χ2v) is 8.74. The van der Waals surface area contributed by atoms with E-state index in [4.69, 9.17) is 0 Å². The summed E-state index contributed by atoms with van der Waals surface area (Å²) in [5, 5.41) is 5.76. The minimum absolute atomic E-state index is 0.0750. The number of carbonyl (C=O) groups is 1. The highest BCUT2D eigenvalue weighted by atomic mass is 32.1. The smallest absolute Gasteiger partial charge is 0.258 e. The first-order valence-electron chi connectivity index (χ1n) is 10.6. The summed E-state index contributed by atoms with van der Waals surface area (Å²) in [6, 6.07) is 19.3.